The van der Waals surface area contributed by atoms with Gasteiger partial charge in [0.15, 0.2) is 0 Å². The van der Waals surface area contributed by atoms with E-state index in [1.807, 2.05) is 18.2 Å². The van der Waals surface area contributed by atoms with Gasteiger partial charge in [0, 0.05) is 10.7 Å². The first-order valence-corrected chi connectivity index (χ1v) is 10.0. The van der Waals surface area contributed by atoms with Crippen LogP contribution in [0.5, 0.6) is 5.75 Å². The zero-order valence-corrected chi connectivity index (χ0v) is 17.2. The number of benzene rings is 2. The largest absolute Gasteiger partial charge is 0.496 e. The summed E-state index contributed by atoms with van der Waals surface area (Å²) in [6.45, 7) is 4.62. The molecule has 3 rings (SSSR count). The van der Waals surface area contributed by atoms with E-state index in [1.165, 1.54) is 23.8 Å². The molecule has 0 aliphatic carbocycles. The highest BCUT2D eigenvalue weighted by molar-refractivity contribution is 6.31. The topological polar surface area (TPSA) is 75.1 Å². The molecule has 29 heavy (non-hydrogen) atoms. The number of halogens is 1. The van der Waals surface area contributed by atoms with Crippen molar-refractivity contribution >= 4 is 29.1 Å². The second kappa shape index (κ2) is 10.1. The van der Waals surface area contributed by atoms with Gasteiger partial charge < -0.3 is 14.5 Å². The highest BCUT2D eigenvalue weighted by atomic mass is 35.5. The van der Waals surface area contributed by atoms with E-state index < -0.39 is 5.91 Å². The normalized spacial score (nSPS) is 14.3. The smallest absolute Gasteiger partial charge is 0.273 e. The zero-order chi connectivity index (χ0) is 20.6. The molecular formula is C21H26ClN4O3+. The Morgan fingerprint density at radius 3 is 2.52 bits per heavy atom. The fraction of sp³-hybridized carbons (Fsp3) is 0.333. The lowest BCUT2D eigenvalue weighted by atomic mass is 10.2. The van der Waals surface area contributed by atoms with Crippen molar-refractivity contribution in [2.75, 3.05) is 44.7 Å². The van der Waals surface area contributed by atoms with Gasteiger partial charge in [-0.25, -0.2) is 0 Å². The van der Waals surface area contributed by atoms with Gasteiger partial charge >= 0.3 is 0 Å². The number of carbonyl (C=O) groups excluding carboxylic acids is 2. The number of para-hydroxylation sites is 1. The predicted octanol–water partition coefficient (Wildman–Crippen LogP) is 0.905. The van der Waals surface area contributed by atoms with Crippen molar-refractivity contribution in [2.24, 2.45) is 0 Å². The van der Waals surface area contributed by atoms with Crippen molar-refractivity contribution in [1.29, 1.82) is 0 Å². The van der Waals surface area contributed by atoms with E-state index in [0.29, 0.717) is 17.2 Å². The number of nitrogens with zero attached hydrogens (tertiary/aromatic N) is 1. The van der Waals surface area contributed by atoms with E-state index in [0.717, 1.165) is 32.7 Å². The zero-order valence-electron chi connectivity index (χ0n) is 16.4. The van der Waals surface area contributed by atoms with Crippen LogP contribution in [0.1, 0.15) is 16.8 Å². The van der Waals surface area contributed by atoms with Crippen LogP contribution in [0.25, 0.3) is 0 Å². The molecule has 1 heterocycles. The van der Waals surface area contributed by atoms with Gasteiger partial charge in [-0.2, -0.15) is 0 Å². The standard InChI is InChI=1S/C21H25ClN4O3/c1-29-19-8-7-16(22)15-18(19)21(28)24-23-20(27)9-10-25-11-13-26(14-12-25)17-5-3-2-4-6-17/h2-8,15H,9-14H2,1H3,(H,23,27)(H,24,28)/p+1. The van der Waals surface area contributed by atoms with E-state index in [-0.39, 0.29) is 11.5 Å². The molecule has 0 radical (unpaired) electrons. The van der Waals surface area contributed by atoms with Crippen molar-refractivity contribution in [2.45, 2.75) is 6.42 Å². The van der Waals surface area contributed by atoms with Crippen LogP contribution < -0.4 is 25.4 Å². The average molecular weight is 418 g/mol. The van der Waals surface area contributed by atoms with Crippen LogP contribution in [0.15, 0.2) is 48.5 Å². The van der Waals surface area contributed by atoms with Crippen molar-refractivity contribution in [3.05, 3.63) is 59.1 Å². The van der Waals surface area contributed by atoms with E-state index in [1.54, 1.807) is 12.1 Å². The van der Waals surface area contributed by atoms with E-state index >= 15 is 0 Å². The number of amides is 2. The van der Waals surface area contributed by atoms with E-state index in [2.05, 4.69) is 27.9 Å². The summed E-state index contributed by atoms with van der Waals surface area (Å²) in [7, 11) is 1.47. The minimum atomic E-state index is -0.471. The predicted molar refractivity (Wildman–Crippen MR) is 112 cm³/mol. The molecule has 2 aromatic rings. The summed E-state index contributed by atoms with van der Waals surface area (Å²) >= 11 is 5.94. The summed E-state index contributed by atoms with van der Waals surface area (Å²) in [6, 6.07) is 15.1. The Balaban J connectivity index is 1.40. The Labute approximate surface area is 175 Å². The molecule has 0 atom stereocenters. The molecule has 0 unspecified atom stereocenters. The number of carbonyl (C=O) groups is 2. The van der Waals surface area contributed by atoms with Crippen molar-refractivity contribution in [3.63, 3.8) is 0 Å². The van der Waals surface area contributed by atoms with Gasteiger partial charge in [0.25, 0.3) is 5.91 Å². The number of piperazine rings is 1. The maximum Gasteiger partial charge on any atom is 0.273 e. The Bertz CT molecular complexity index is 839. The third-order valence-electron chi connectivity index (χ3n) is 5.02. The summed E-state index contributed by atoms with van der Waals surface area (Å²) in [5.41, 5.74) is 6.39. The molecule has 1 aliphatic rings. The summed E-state index contributed by atoms with van der Waals surface area (Å²) in [5.74, 6) is -0.305. The van der Waals surface area contributed by atoms with E-state index in [9.17, 15) is 9.59 Å². The lowest BCUT2D eigenvalue weighted by Gasteiger charge is -2.33. The van der Waals surface area contributed by atoms with Gasteiger partial charge in [0.2, 0.25) is 5.91 Å². The number of methoxy groups -OCH3 is 1. The number of quaternary nitrogens is 1. The Morgan fingerprint density at radius 1 is 1.10 bits per heavy atom. The molecule has 2 amide bonds. The number of hydrazine groups is 1. The molecular weight excluding hydrogens is 392 g/mol. The number of ether oxygens (including phenoxy) is 1. The lowest BCUT2D eigenvalue weighted by Crippen LogP contribution is -3.15. The minimum absolute atomic E-state index is 0.225. The molecule has 0 spiro atoms. The molecule has 7 nitrogen and oxygen atoms in total. The summed E-state index contributed by atoms with van der Waals surface area (Å²) in [6.07, 6.45) is 0.341. The number of hydrogen-bond donors (Lipinski definition) is 3. The fourth-order valence-electron chi connectivity index (χ4n) is 3.37. The Morgan fingerprint density at radius 2 is 1.83 bits per heavy atom. The molecule has 154 valence electrons. The first-order chi connectivity index (χ1) is 14.1. The van der Waals surface area contributed by atoms with E-state index in [4.69, 9.17) is 16.3 Å². The molecule has 0 bridgehead atoms. The Hall–Kier alpha value is -2.77. The van der Waals surface area contributed by atoms with Gasteiger partial charge in [-0.3, -0.25) is 20.4 Å². The van der Waals surface area contributed by atoms with Crippen LogP contribution >= 0.6 is 11.6 Å². The van der Waals surface area contributed by atoms with Crippen molar-refractivity contribution in [3.8, 4) is 5.75 Å². The van der Waals surface area contributed by atoms with Gasteiger partial charge in [0.05, 0.1) is 51.8 Å². The molecule has 2 aromatic carbocycles. The number of hydrogen-bond acceptors (Lipinski definition) is 4. The minimum Gasteiger partial charge on any atom is -0.496 e. The maximum atomic E-state index is 12.3. The lowest BCUT2D eigenvalue weighted by molar-refractivity contribution is -0.900. The first kappa shape index (κ1) is 21.0. The van der Waals surface area contributed by atoms with Crippen molar-refractivity contribution < 1.29 is 19.2 Å². The highest BCUT2D eigenvalue weighted by Gasteiger charge is 2.21. The maximum absolute atomic E-state index is 12.3. The monoisotopic (exact) mass is 417 g/mol. The van der Waals surface area contributed by atoms with Crippen molar-refractivity contribution in [1.82, 2.24) is 10.9 Å². The second-order valence-electron chi connectivity index (χ2n) is 6.92. The molecule has 1 fully saturated rings. The van der Waals surface area contributed by atoms with Crippen LogP contribution in [0.2, 0.25) is 5.02 Å². The third-order valence-corrected chi connectivity index (χ3v) is 5.25. The summed E-state index contributed by atoms with van der Waals surface area (Å²) in [4.78, 5) is 28.2. The number of anilines is 1. The number of nitrogens with one attached hydrogen (secondary N) is 3. The molecule has 0 aromatic heterocycles. The molecule has 8 heteroatoms. The van der Waals surface area contributed by atoms with Gasteiger partial charge in [-0.05, 0) is 30.3 Å². The summed E-state index contributed by atoms with van der Waals surface area (Å²) < 4.78 is 5.16. The fourth-order valence-corrected chi connectivity index (χ4v) is 3.55. The van der Waals surface area contributed by atoms with Gasteiger partial charge in [-0.15, -0.1) is 0 Å². The highest BCUT2D eigenvalue weighted by Crippen LogP contribution is 2.22. The molecule has 1 aliphatic heterocycles. The molecule has 3 N–H and O–H groups in total. The molecule has 1 saturated heterocycles. The second-order valence-corrected chi connectivity index (χ2v) is 7.36. The van der Waals surface area contributed by atoms with Crippen LogP contribution in [-0.2, 0) is 4.79 Å². The summed E-state index contributed by atoms with van der Waals surface area (Å²) in [5, 5.41) is 0.417. The number of rotatable bonds is 6. The quantitative estimate of drug-likeness (QED) is 0.611. The van der Waals surface area contributed by atoms with Crippen LogP contribution in [0, 0.1) is 0 Å². The first-order valence-electron chi connectivity index (χ1n) is 9.63. The Kier molecular flexibility index (Phi) is 7.32. The average Bonchev–Trinajstić information content (AvgIpc) is 2.77. The molecule has 0 saturated carbocycles. The van der Waals surface area contributed by atoms with Gasteiger partial charge in [0.1, 0.15) is 5.75 Å². The SMILES string of the molecule is COc1ccc(Cl)cc1C(=O)NNC(=O)CC[NH+]1CCN(c2ccccc2)CC1. The van der Waals surface area contributed by atoms with Crippen LogP contribution in [0.4, 0.5) is 5.69 Å². The van der Waals surface area contributed by atoms with Crippen LogP contribution in [0.3, 0.4) is 0 Å². The third kappa shape index (κ3) is 5.85. The van der Waals surface area contributed by atoms with Gasteiger partial charge in [-0.1, -0.05) is 29.8 Å². The van der Waals surface area contributed by atoms with Crippen LogP contribution in [-0.4, -0.2) is 51.6 Å².